The molecular formula is C26H35F3N4O5S. The number of aromatic amines is 1. The summed E-state index contributed by atoms with van der Waals surface area (Å²) < 4.78 is 78.7. The molecule has 9 nitrogen and oxygen atoms in total. The third-order valence-electron chi connectivity index (χ3n) is 6.69. The van der Waals surface area contributed by atoms with Crippen LogP contribution in [-0.2, 0) is 33.9 Å². The standard InChI is InChI=1S/C26H35F3N4O5S/c1-25(2,3)14-18-13-23(32(31-18)15-20-6-5-11-37-20)30-24(34)21-12-17(26(27,28)29)7-8-22(21)38-16-19-9-10-33(19)39(4,35)36/h7-8,12-13,19-20,31H,5-6,9-11,14-16H2,1-4H3/b30-23+/t19-,20+/m0/s1. The smallest absolute Gasteiger partial charge is 0.416 e. The molecule has 0 unspecified atom stereocenters. The molecule has 1 aromatic heterocycles. The average Bonchev–Trinajstić information content (AvgIpc) is 3.40. The zero-order valence-corrected chi connectivity index (χ0v) is 23.4. The number of carbonyl (C=O) groups excluding carboxylic acids is 1. The van der Waals surface area contributed by atoms with E-state index in [-0.39, 0.29) is 34.9 Å². The van der Waals surface area contributed by atoms with Crippen LogP contribution >= 0.6 is 0 Å². The van der Waals surface area contributed by atoms with Crippen LogP contribution in [0.25, 0.3) is 0 Å². The van der Waals surface area contributed by atoms with Crippen molar-refractivity contribution in [3.63, 3.8) is 0 Å². The molecule has 2 aliphatic heterocycles. The van der Waals surface area contributed by atoms with Crippen LogP contribution in [0.1, 0.15) is 61.6 Å². The molecule has 1 amide bonds. The molecule has 0 radical (unpaired) electrons. The lowest BCUT2D eigenvalue weighted by Crippen LogP contribution is -2.53. The summed E-state index contributed by atoms with van der Waals surface area (Å²) in [6.45, 7) is 7.52. The highest BCUT2D eigenvalue weighted by molar-refractivity contribution is 7.88. The average molecular weight is 573 g/mol. The first-order valence-electron chi connectivity index (χ1n) is 12.9. The summed E-state index contributed by atoms with van der Waals surface area (Å²) in [6, 6.07) is 3.91. The summed E-state index contributed by atoms with van der Waals surface area (Å²) in [4.78, 5) is 17.6. The van der Waals surface area contributed by atoms with Gasteiger partial charge in [-0.3, -0.25) is 9.48 Å². The second-order valence-corrected chi connectivity index (χ2v) is 13.3. The predicted molar refractivity (Wildman–Crippen MR) is 138 cm³/mol. The number of nitrogens with one attached hydrogen (secondary N) is 1. The summed E-state index contributed by atoms with van der Waals surface area (Å²) in [6.07, 6.45) is -0.666. The summed E-state index contributed by atoms with van der Waals surface area (Å²) in [5, 5.41) is 3.26. The van der Waals surface area contributed by atoms with E-state index in [1.165, 1.54) is 4.31 Å². The lowest BCUT2D eigenvalue weighted by molar-refractivity contribution is -0.137. The molecule has 3 heterocycles. The van der Waals surface area contributed by atoms with Crippen molar-refractivity contribution < 1.29 is 35.9 Å². The Kier molecular flexibility index (Phi) is 8.34. The van der Waals surface area contributed by atoms with Gasteiger partial charge in [-0.25, -0.2) is 8.42 Å². The number of ether oxygens (including phenoxy) is 2. The number of hydrogen-bond acceptors (Lipinski definition) is 5. The molecule has 2 saturated heterocycles. The highest BCUT2D eigenvalue weighted by Crippen LogP contribution is 2.33. The van der Waals surface area contributed by atoms with E-state index in [4.69, 9.17) is 9.47 Å². The number of sulfonamides is 1. The number of amides is 1. The minimum Gasteiger partial charge on any atom is -0.491 e. The van der Waals surface area contributed by atoms with Crippen molar-refractivity contribution in [1.29, 1.82) is 0 Å². The Labute approximate surface area is 226 Å². The van der Waals surface area contributed by atoms with Gasteiger partial charge >= 0.3 is 6.18 Å². The number of halogens is 3. The van der Waals surface area contributed by atoms with E-state index in [0.29, 0.717) is 32.5 Å². The first-order valence-corrected chi connectivity index (χ1v) is 14.8. The van der Waals surface area contributed by atoms with Crippen molar-refractivity contribution in [3.05, 3.63) is 46.6 Å². The predicted octanol–water partition coefficient (Wildman–Crippen LogP) is 3.76. The van der Waals surface area contributed by atoms with E-state index in [1.807, 2.05) is 0 Å². The first-order chi connectivity index (χ1) is 18.1. The zero-order chi connectivity index (χ0) is 28.6. The molecule has 1 N–H and O–H groups in total. The number of nitrogens with zero attached hydrogens (tertiary/aromatic N) is 3. The number of carbonyl (C=O) groups is 1. The summed E-state index contributed by atoms with van der Waals surface area (Å²) >= 11 is 0. The molecule has 0 saturated carbocycles. The number of H-pyrrole nitrogens is 1. The van der Waals surface area contributed by atoms with Gasteiger partial charge in [0.25, 0.3) is 5.91 Å². The second-order valence-electron chi connectivity index (χ2n) is 11.4. The van der Waals surface area contributed by atoms with E-state index in [0.717, 1.165) is 43.0 Å². The van der Waals surface area contributed by atoms with Crippen LogP contribution in [0.2, 0.25) is 0 Å². The topological polar surface area (TPSA) is 106 Å². The van der Waals surface area contributed by atoms with E-state index in [9.17, 15) is 26.4 Å². The number of rotatable bonds is 8. The monoisotopic (exact) mass is 572 g/mol. The van der Waals surface area contributed by atoms with Gasteiger partial charge in [0.2, 0.25) is 10.0 Å². The summed E-state index contributed by atoms with van der Waals surface area (Å²) in [5.41, 5.74) is -0.308. The fourth-order valence-corrected chi connectivity index (χ4v) is 5.90. The molecule has 2 aliphatic rings. The van der Waals surface area contributed by atoms with Crippen LogP contribution in [0.3, 0.4) is 0 Å². The Balaban J connectivity index is 1.67. The van der Waals surface area contributed by atoms with E-state index in [2.05, 4.69) is 30.9 Å². The van der Waals surface area contributed by atoms with Crippen molar-refractivity contribution in [2.75, 3.05) is 26.0 Å². The molecule has 1 aromatic carbocycles. The van der Waals surface area contributed by atoms with Crippen LogP contribution < -0.4 is 10.2 Å². The third-order valence-corrected chi connectivity index (χ3v) is 8.02. The van der Waals surface area contributed by atoms with Crippen molar-refractivity contribution >= 4 is 15.9 Å². The van der Waals surface area contributed by atoms with E-state index in [1.54, 1.807) is 10.7 Å². The van der Waals surface area contributed by atoms with Crippen LogP contribution in [-0.4, -0.2) is 66.6 Å². The number of hydrogen-bond donors (Lipinski definition) is 1. The molecule has 216 valence electrons. The maximum absolute atomic E-state index is 13.5. The van der Waals surface area contributed by atoms with Crippen molar-refractivity contribution in [3.8, 4) is 5.75 Å². The molecule has 2 aromatic rings. The first kappa shape index (κ1) is 29.3. The van der Waals surface area contributed by atoms with Gasteiger partial charge in [0.15, 0.2) is 5.49 Å². The maximum Gasteiger partial charge on any atom is 0.416 e. The Bertz CT molecular complexity index is 1370. The lowest BCUT2D eigenvalue weighted by Gasteiger charge is -2.38. The Hall–Kier alpha value is -2.64. The highest BCUT2D eigenvalue weighted by atomic mass is 32.2. The van der Waals surface area contributed by atoms with Gasteiger partial charge < -0.3 is 14.6 Å². The van der Waals surface area contributed by atoms with Crippen molar-refractivity contribution in [2.45, 2.75) is 71.3 Å². The fourth-order valence-electron chi connectivity index (χ4n) is 4.75. The third kappa shape index (κ3) is 7.52. The zero-order valence-electron chi connectivity index (χ0n) is 22.5. The molecule has 0 aliphatic carbocycles. The van der Waals surface area contributed by atoms with Crippen LogP contribution in [0.4, 0.5) is 13.2 Å². The van der Waals surface area contributed by atoms with Crippen molar-refractivity contribution in [2.24, 2.45) is 10.4 Å². The summed E-state index contributed by atoms with van der Waals surface area (Å²) in [7, 11) is -3.44. The number of aromatic nitrogens is 2. The lowest BCUT2D eigenvalue weighted by atomic mass is 9.91. The minimum atomic E-state index is -4.68. The normalized spacial score (nSPS) is 21.3. The molecule has 0 spiro atoms. The molecular weight excluding hydrogens is 537 g/mol. The van der Waals surface area contributed by atoms with Gasteiger partial charge in [-0.05, 0) is 49.3 Å². The van der Waals surface area contributed by atoms with E-state index < -0.39 is 33.7 Å². The fraction of sp³-hybridized carbons (Fsp3) is 0.615. The van der Waals surface area contributed by atoms with Gasteiger partial charge in [-0.1, -0.05) is 20.8 Å². The maximum atomic E-state index is 13.5. The largest absolute Gasteiger partial charge is 0.491 e. The Morgan fingerprint density at radius 1 is 1.21 bits per heavy atom. The SMILES string of the molecule is CC(C)(C)Cc1c/c(=N\C(=O)c2cc(C(F)(F)F)ccc2OC[C@@H]2CCN2S(C)(=O)=O)n(C[C@H]2CCCO2)[nH]1. The van der Waals surface area contributed by atoms with Gasteiger partial charge in [-0.2, -0.15) is 22.5 Å². The van der Waals surface area contributed by atoms with Gasteiger partial charge in [0.1, 0.15) is 12.4 Å². The van der Waals surface area contributed by atoms with Crippen LogP contribution in [0.15, 0.2) is 29.3 Å². The minimum absolute atomic E-state index is 0.0583. The summed E-state index contributed by atoms with van der Waals surface area (Å²) in [5.74, 6) is -0.986. The molecule has 4 rings (SSSR count). The molecule has 39 heavy (non-hydrogen) atoms. The Morgan fingerprint density at radius 2 is 1.95 bits per heavy atom. The van der Waals surface area contributed by atoms with Crippen LogP contribution in [0.5, 0.6) is 5.75 Å². The Morgan fingerprint density at radius 3 is 2.51 bits per heavy atom. The van der Waals surface area contributed by atoms with Gasteiger partial charge in [-0.15, -0.1) is 0 Å². The molecule has 2 atom stereocenters. The second kappa shape index (κ2) is 11.1. The van der Waals surface area contributed by atoms with Gasteiger partial charge in [0, 0.05) is 24.9 Å². The number of alkyl halides is 3. The number of benzene rings is 1. The van der Waals surface area contributed by atoms with Crippen molar-refractivity contribution in [1.82, 2.24) is 14.1 Å². The van der Waals surface area contributed by atoms with E-state index >= 15 is 0 Å². The van der Waals surface area contributed by atoms with Crippen LogP contribution in [0, 0.1) is 5.41 Å². The molecule has 0 bridgehead atoms. The van der Waals surface area contributed by atoms with Gasteiger partial charge in [0.05, 0.1) is 36.1 Å². The molecule has 2 fully saturated rings. The highest BCUT2D eigenvalue weighted by Gasteiger charge is 2.36. The molecule has 13 heteroatoms. The quantitative estimate of drug-likeness (QED) is 0.519.